The molecule has 2 aromatic rings. The molecule has 0 aliphatic rings. The second-order valence-electron chi connectivity index (χ2n) is 6.13. The van der Waals surface area contributed by atoms with Crippen molar-refractivity contribution in [2.24, 2.45) is 0 Å². The topological polar surface area (TPSA) is 102 Å². The van der Waals surface area contributed by atoms with E-state index in [0.717, 1.165) is 5.56 Å². The molecule has 29 heavy (non-hydrogen) atoms. The Labute approximate surface area is 179 Å². The minimum absolute atomic E-state index is 0.108. The number of carbonyl (C=O) groups is 2. The van der Waals surface area contributed by atoms with Gasteiger partial charge in [-0.1, -0.05) is 47.0 Å². The monoisotopic (exact) mass is 458 g/mol. The van der Waals surface area contributed by atoms with Crippen molar-refractivity contribution in [1.29, 1.82) is 0 Å². The number of nitrogens with one attached hydrogen (secondary N) is 2. The summed E-state index contributed by atoms with van der Waals surface area (Å²) in [6.45, 7) is 1.38. The molecule has 7 nitrogen and oxygen atoms in total. The van der Waals surface area contributed by atoms with Crippen LogP contribution in [0.15, 0.2) is 47.4 Å². The molecule has 0 bridgehead atoms. The number of benzene rings is 2. The molecule has 0 aliphatic heterocycles. The molecule has 2 aromatic carbocycles. The number of carbonyl (C=O) groups excluding carboxylic acids is 2. The van der Waals surface area contributed by atoms with E-state index < -0.39 is 28.5 Å². The maximum Gasteiger partial charge on any atom is 0.307 e. The van der Waals surface area contributed by atoms with Gasteiger partial charge in [0.2, 0.25) is 10.0 Å². The first kappa shape index (κ1) is 23.2. The van der Waals surface area contributed by atoms with Crippen LogP contribution in [0.3, 0.4) is 0 Å². The van der Waals surface area contributed by atoms with Gasteiger partial charge in [0.15, 0.2) is 6.61 Å². The molecule has 0 saturated heterocycles. The quantitative estimate of drug-likeness (QED) is 0.562. The van der Waals surface area contributed by atoms with Gasteiger partial charge < -0.3 is 10.1 Å². The Morgan fingerprint density at radius 2 is 1.76 bits per heavy atom. The maximum absolute atomic E-state index is 12.1. The van der Waals surface area contributed by atoms with Gasteiger partial charge in [-0.25, -0.2) is 13.1 Å². The average Bonchev–Trinajstić information content (AvgIpc) is 2.66. The molecule has 156 valence electrons. The lowest BCUT2D eigenvalue weighted by Gasteiger charge is -2.09. The van der Waals surface area contributed by atoms with Gasteiger partial charge in [0.25, 0.3) is 5.91 Å². The first-order chi connectivity index (χ1) is 13.7. The predicted octanol–water partition coefficient (Wildman–Crippen LogP) is 2.83. The minimum atomic E-state index is -3.71. The fraction of sp³-hybridized carbons (Fsp3) is 0.263. The molecule has 0 fully saturated rings. The van der Waals surface area contributed by atoms with Crippen LogP contribution in [-0.4, -0.2) is 33.4 Å². The van der Waals surface area contributed by atoms with Gasteiger partial charge >= 0.3 is 5.97 Å². The lowest BCUT2D eigenvalue weighted by Crippen LogP contribution is -2.30. The molecule has 0 unspecified atom stereocenters. The number of aryl methyl sites for hydroxylation is 1. The van der Waals surface area contributed by atoms with E-state index in [1.807, 2.05) is 6.92 Å². The summed E-state index contributed by atoms with van der Waals surface area (Å²) in [5, 5.41) is 3.46. The van der Waals surface area contributed by atoms with Crippen LogP contribution < -0.4 is 10.0 Å². The van der Waals surface area contributed by atoms with Gasteiger partial charge in [-0.05, 0) is 36.8 Å². The molecular formula is C19H20Cl2N2O5S. The van der Waals surface area contributed by atoms with E-state index in [1.54, 1.807) is 30.3 Å². The minimum Gasteiger partial charge on any atom is -0.456 e. The van der Waals surface area contributed by atoms with Crippen LogP contribution in [0.25, 0.3) is 0 Å². The van der Waals surface area contributed by atoms with Crippen molar-refractivity contribution in [3.05, 3.63) is 63.6 Å². The maximum atomic E-state index is 12.1. The van der Waals surface area contributed by atoms with Crippen molar-refractivity contribution in [3.8, 4) is 0 Å². The smallest absolute Gasteiger partial charge is 0.307 e. The molecule has 0 radical (unpaired) electrons. The fourth-order valence-electron chi connectivity index (χ4n) is 2.22. The third-order valence-corrected chi connectivity index (χ3v) is 5.87. The number of hydrogen-bond donors (Lipinski definition) is 2. The lowest BCUT2D eigenvalue weighted by atomic mass is 10.2. The Kier molecular flexibility index (Phi) is 8.45. The molecule has 0 saturated carbocycles. The normalized spacial score (nSPS) is 11.1. The van der Waals surface area contributed by atoms with Crippen LogP contribution in [0.5, 0.6) is 0 Å². The summed E-state index contributed by atoms with van der Waals surface area (Å²) in [5.74, 6) is -1.21. The van der Waals surface area contributed by atoms with Crippen LogP contribution in [0.4, 0.5) is 0 Å². The van der Waals surface area contributed by atoms with Crippen LogP contribution in [-0.2, 0) is 30.9 Å². The van der Waals surface area contributed by atoms with Gasteiger partial charge in [-0.2, -0.15) is 0 Å². The molecule has 0 atom stereocenters. The number of hydrogen-bond acceptors (Lipinski definition) is 5. The standard InChI is InChI=1S/C19H20Cl2N2O5S/c1-13-2-6-16(7-3-13)29(26,27)23-9-8-19(25)28-12-18(24)22-11-14-4-5-15(20)10-17(14)21/h2-7,10,23H,8-9,11-12H2,1H3,(H,22,24). The number of rotatable bonds is 9. The lowest BCUT2D eigenvalue weighted by molar-refractivity contribution is -0.148. The molecule has 2 rings (SSSR count). The first-order valence-electron chi connectivity index (χ1n) is 8.60. The summed E-state index contributed by atoms with van der Waals surface area (Å²) in [5.41, 5.74) is 1.60. The summed E-state index contributed by atoms with van der Waals surface area (Å²) in [6.07, 6.45) is -0.207. The van der Waals surface area contributed by atoms with Gasteiger partial charge in [-0.15, -0.1) is 0 Å². The highest BCUT2D eigenvalue weighted by molar-refractivity contribution is 7.89. The van der Waals surface area contributed by atoms with Crippen molar-refractivity contribution in [1.82, 2.24) is 10.0 Å². The second-order valence-corrected chi connectivity index (χ2v) is 8.74. The summed E-state index contributed by atoms with van der Waals surface area (Å²) >= 11 is 11.8. The molecule has 2 N–H and O–H groups in total. The second kappa shape index (κ2) is 10.6. The Morgan fingerprint density at radius 1 is 1.07 bits per heavy atom. The van der Waals surface area contributed by atoms with Crippen LogP contribution in [0.1, 0.15) is 17.5 Å². The van der Waals surface area contributed by atoms with E-state index in [1.165, 1.54) is 12.1 Å². The van der Waals surface area contributed by atoms with Gasteiger partial charge in [0, 0.05) is 23.1 Å². The van der Waals surface area contributed by atoms with E-state index in [9.17, 15) is 18.0 Å². The molecule has 1 amide bonds. The Hall–Kier alpha value is -2.13. The largest absolute Gasteiger partial charge is 0.456 e. The Morgan fingerprint density at radius 3 is 2.41 bits per heavy atom. The molecule has 0 aromatic heterocycles. The van der Waals surface area contributed by atoms with Crippen molar-refractivity contribution in [3.63, 3.8) is 0 Å². The molecule has 10 heteroatoms. The van der Waals surface area contributed by atoms with Gasteiger partial charge in [-0.3, -0.25) is 9.59 Å². The SMILES string of the molecule is Cc1ccc(S(=O)(=O)NCCC(=O)OCC(=O)NCc2ccc(Cl)cc2Cl)cc1. The van der Waals surface area contributed by atoms with Crippen LogP contribution in [0.2, 0.25) is 10.0 Å². The predicted molar refractivity (Wildman–Crippen MR) is 110 cm³/mol. The highest BCUT2D eigenvalue weighted by Crippen LogP contribution is 2.20. The zero-order valence-electron chi connectivity index (χ0n) is 15.6. The molecular weight excluding hydrogens is 439 g/mol. The van der Waals surface area contributed by atoms with E-state index >= 15 is 0 Å². The number of halogens is 2. The number of amides is 1. The Bertz CT molecular complexity index is 979. The first-order valence-corrected chi connectivity index (χ1v) is 10.8. The summed E-state index contributed by atoms with van der Waals surface area (Å²) in [7, 11) is -3.71. The van der Waals surface area contributed by atoms with Crippen LogP contribution in [0, 0.1) is 6.92 Å². The third kappa shape index (κ3) is 7.66. The molecule has 0 spiro atoms. The van der Waals surface area contributed by atoms with Crippen LogP contribution >= 0.6 is 23.2 Å². The van der Waals surface area contributed by atoms with Gasteiger partial charge in [0.05, 0.1) is 11.3 Å². The number of esters is 1. The van der Waals surface area contributed by atoms with Gasteiger partial charge in [0.1, 0.15) is 0 Å². The zero-order chi connectivity index (χ0) is 21.4. The Balaban J connectivity index is 1.69. The van der Waals surface area contributed by atoms with E-state index in [-0.39, 0.29) is 24.4 Å². The van der Waals surface area contributed by atoms with E-state index in [2.05, 4.69) is 10.0 Å². The highest BCUT2D eigenvalue weighted by Gasteiger charge is 2.15. The highest BCUT2D eigenvalue weighted by atomic mass is 35.5. The van der Waals surface area contributed by atoms with Crippen molar-refractivity contribution < 1.29 is 22.7 Å². The van der Waals surface area contributed by atoms with E-state index in [0.29, 0.717) is 15.6 Å². The zero-order valence-corrected chi connectivity index (χ0v) is 17.9. The van der Waals surface area contributed by atoms with E-state index in [4.69, 9.17) is 27.9 Å². The average molecular weight is 459 g/mol. The van der Waals surface area contributed by atoms with Crippen molar-refractivity contribution in [2.75, 3.05) is 13.2 Å². The van der Waals surface area contributed by atoms with Crippen molar-refractivity contribution in [2.45, 2.75) is 24.8 Å². The number of sulfonamides is 1. The summed E-state index contributed by atoms with van der Waals surface area (Å²) in [4.78, 5) is 23.6. The molecule has 0 heterocycles. The van der Waals surface area contributed by atoms with Crippen molar-refractivity contribution >= 4 is 45.1 Å². The third-order valence-electron chi connectivity index (χ3n) is 3.81. The number of ether oxygens (including phenoxy) is 1. The fourth-order valence-corrected chi connectivity index (χ4v) is 3.72. The molecule has 0 aliphatic carbocycles. The summed E-state index contributed by atoms with van der Waals surface area (Å²) < 4.78 is 31.4. The summed E-state index contributed by atoms with van der Waals surface area (Å²) in [6, 6.07) is 11.2.